The van der Waals surface area contributed by atoms with Crippen molar-refractivity contribution in [2.75, 3.05) is 27.2 Å². The molecular weight excluding hydrogens is 244 g/mol. The molecule has 4 heteroatoms. The van der Waals surface area contributed by atoms with Crippen molar-refractivity contribution in [1.82, 2.24) is 10.2 Å². The lowest BCUT2D eigenvalue weighted by molar-refractivity contribution is -0.0791. The van der Waals surface area contributed by atoms with Crippen molar-refractivity contribution in [2.45, 2.75) is 38.7 Å². The maximum atomic E-state index is 6.27. The number of ether oxygens (including phenoxy) is 1. The molecule has 1 saturated heterocycles. The lowest BCUT2D eigenvalue weighted by Crippen LogP contribution is -2.53. The van der Waals surface area contributed by atoms with E-state index in [4.69, 9.17) is 17.0 Å². The van der Waals surface area contributed by atoms with Crippen LogP contribution in [0.25, 0.3) is 0 Å². The second kappa shape index (κ2) is 3.60. The first-order chi connectivity index (χ1) is 8.35. The van der Waals surface area contributed by atoms with Gasteiger partial charge in [-0.05, 0) is 37.4 Å². The lowest BCUT2D eigenvalue weighted by atomic mass is 9.66. The van der Waals surface area contributed by atoms with Crippen molar-refractivity contribution < 1.29 is 4.74 Å². The summed E-state index contributed by atoms with van der Waals surface area (Å²) in [5, 5.41) is 4.22. The van der Waals surface area contributed by atoms with Gasteiger partial charge in [-0.25, -0.2) is 0 Å². The fourth-order valence-corrected chi connectivity index (χ4v) is 4.77. The Bertz CT molecular complexity index is 399. The van der Waals surface area contributed by atoms with Gasteiger partial charge in [-0.2, -0.15) is 0 Å². The highest BCUT2D eigenvalue weighted by molar-refractivity contribution is 7.80. The summed E-state index contributed by atoms with van der Waals surface area (Å²) in [7, 11) is 3.96. The van der Waals surface area contributed by atoms with Crippen molar-refractivity contribution in [1.29, 1.82) is 0 Å². The average Bonchev–Trinajstić information content (AvgIpc) is 2.78. The Balaban J connectivity index is 1.79. The quantitative estimate of drug-likeness (QED) is 0.775. The van der Waals surface area contributed by atoms with Crippen LogP contribution in [0, 0.1) is 16.7 Å². The summed E-state index contributed by atoms with van der Waals surface area (Å²) in [6.07, 6.45) is 3.91. The molecule has 3 nitrogen and oxygen atoms in total. The zero-order valence-corrected chi connectivity index (χ0v) is 12.7. The summed E-state index contributed by atoms with van der Waals surface area (Å²) in [6.45, 7) is 6.67. The van der Waals surface area contributed by atoms with Crippen LogP contribution in [0.2, 0.25) is 0 Å². The molecule has 3 aliphatic rings. The van der Waals surface area contributed by atoms with Gasteiger partial charge in [0.1, 0.15) is 0 Å². The number of hydrogen-bond donors (Lipinski definition) is 1. The number of rotatable bonds is 2. The van der Waals surface area contributed by atoms with Crippen LogP contribution in [0.4, 0.5) is 0 Å². The highest BCUT2D eigenvalue weighted by Gasteiger charge is 2.75. The molecule has 4 atom stereocenters. The minimum Gasteiger partial charge on any atom is -0.372 e. The van der Waals surface area contributed by atoms with E-state index in [9.17, 15) is 0 Å². The second-order valence-corrected chi connectivity index (χ2v) is 7.41. The first-order valence-electron chi connectivity index (χ1n) is 6.94. The summed E-state index contributed by atoms with van der Waals surface area (Å²) >= 11 is 5.33. The molecule has 0 aromatic rings. The minimum atomic E-state index is 0.0186. The molecule has 102 valence electrons. The third kappa shape index (κ3) is 1.26. The summed E-state index contributed by atoms with van der Waals surface area (Å²) in [4.78, 5) is 1.95. The molecule has 0 spiro atoms. The van der Waals surface area contributed by atoms with Gasteiger partial charge in [0, 0.05) is 31.5 Å². The van der Waals surface area contributed by atoms with E-state index >= 15 is 0 Å². The molecule has 0 aromatic heterocycles. The van der Waals surface area contributed by atoms with Crippen molar-refractivity contribution >= 4 is 17.3 Å². The standard InChI is InChI=1S/C14H24N2OS/c1-12-9-17-14(8-15-11(18)16(3)4)7-10(12)5-6-13(12,14)2/h10H,5-9H2,1-4H3,(H,15,18)/t10-,12+,13-,14+/m1/s1. The third-order valence-electron chi connectivity index (χ3n) is 6.32. The van der Waals surface area contributed by atoms with Crippen LogP contribution in [-0.2, 0) is 4.74 Å². The van der Waals surface area contributed by atoms with Gasteiger partial charge < -0.3 is 15.0 Å². The molecule has 3 fully saturated rings. The van der Waals surface area contributed by atoms with Crippen LogP contribution >= 0.6 is 12.2 Å². The maximum absolute atomic E-state index is 6.27. The summed E-state index contributed by atoms with van der Waals surface area (Å²) in [5.74, 6) is 0.853. The molecule has 18 heavy (non-hydrogen) atoms. The van der Waals surface area contributed by atoms with E-state index in [-0.39, 0.29) is 5.60 Å². The van der Waals surface area contributed by atoms with Crippen LogP contribution in [0.5, 0.6) is 0 Å². The smallest absolute Gasteiger partial charge is 0.168 e. The molecule has 0 unspecified atom stereocenters. The summed E-state index contributed by atoms with van der Waals surface area (Å²) < 4.78 is 6.27. The second-order valence-electron chi connectivity index (χ2n) is 7.03. The molecule has 4 bridgehead atoms. The van der Waals surface area contributed by atoms with E-state index in [0.29, 0.717) is 10.8 Å². The van der Waals surface area contributed by atoms with E-state index in [1.165, 1.54) is 19.3 Å². The fourth-order valence-electron chi connectivity index (χ4n) is 4.69. The predicted octanol–water partition coefficient (Wildman–Crippen LogP) is 2.02. The van der Waals surface area contributed by atoms with Gasteiger partial charge in [0.15, 0.2) is 5.11 Å². The average molecular weight is 268 g/mol. The Morgan fingerprint density at radius 1 is 1.44 bits per heavy atom. The van der Waals surface area contributed by atoms with Crippen LogP contribution < -0.4 is 5.32 Å². The van der Waals surface area contributed by atoms with Crippen molar-refractivity contribution in [3.8, 4) is 0 Å². The SMILES string of the molecule is CN(C)C(=S)NC[C@@]12C[C@H]3CC[C@]1(C)[C@@]3(C)CO2. The van der Waals surface area contributed by atoms with E-state index in [0.717, 1.165) is 24.2 Å². The van der Waals surface area contributed by atoms with E-state index in [1.54, 1.807) is 0 Å². The Hall–Kier alpha value is -0.350. The molecule has 1 heterocycles. The molecule has 3 rings (SSSR count). The van der Waals surface area contributed by atoms with Gasteiger partial charge in [0.25, 0.3) is 0 Å². The molecule has 0 amide bonds. The highest BCUT2D eigenvalue weighted by atomic mass is 32.1. The molecular formula is C14H24N2OS. The Morgan fingerprint density at radius 3 is 2.72 bits per heavy atom. The van der Waals surface area contributed by atoms with E-state index in [2.05, 4.69) is 19.2 Å². The monoisotopic (exact) mass is 268 g/mol. The number of nitrogens with zero attached hydrogens (tertiary/aromatic N) is 1. The molecule has 1 aliphatic heterocycles. The lowest BCUT2D eigenvalue weighted by Gasteiger charge is -2.42. The molecule has 2 aliphatic carbocycles. The van der Waals surface area contributed by atoms with Crippen molar-refractivity contribution in [2.24, 2.45) is 16.7 Å². The normalized spacial score (nSPS) is 48.6. The fraction of sp³-hybridized carbons (Fsp3) is 0.929. The van der Waals surface area contributed by atoms with Gasteiger partial charge in [0.2, 0.25) is 0 Å². The Labute approximate surface area is 115 Å². The summed E-state index contributed by atoms with van der Waals surface area (Å²) in [6, 6.07) is 0. The van der Waals surface area contributed by atoms with Crippen LogP contribution in [0.15, 0.2) is 0 Å². The van der Waals surface area contributed by atoms with Gasteiger partial charge >= 0.3 is 0 Å². The van der Waals surface area contributed by atoms with Crippen molar-refractivity contribution in [3.05, 3.63) is 0 Å². The molecule has 1 N–H and O–H groups in total. The number of thiocarbonyl (C=S) groups is 1. The zero-order chi connectivity index (χ0) is 13.2. The number of nitrogens with one attached hydrogen (secondary N) is 1. The largest absolute Gasteiger partial charge is 0.372 e. The molecule has 0 radical (unpaired) electrons. The van der Waals surface area contributed by atoms with Crippen LogP contribution in [0.3, 0.4) is 0 Å². The van der Waals surface area contributed by atoms with Gasteiger partial charge in [-0.1, -0.05) is 13.8 Å². The Kier molecular flexibility index (Phi) is 2.54. The minimum absolute atomic E-state index is 0.0186. The van der Waals surface area contributed by atoms with Gasteiger partial charge in [0.05, 0.1) is 12.2 Å². The summed E-state index contributed by atoms with van der Waals surface area (Å²) in [5.41, 5.74) is 0.749. The van der Waals surface area contributed by atoms with E-state index < -0.39 is 0 Å². The van der Waals surface area contributed by atoms with Gasteiger partial charge in [-0.15, -0.1) is 0 Å². The Morgan fingerprint density at radius 2 is 2.17 bits per heavy atom. The van der Waals surface area contributed by atoms with Crippen LogP contribution in [-0.4, -0.2) is 42.9 Å². The highest BCUT2D eigenvalue weighted by Crippen LogP contribution is 2.74. The predicted molar refractivity (Wildman–Crippen MR) is 76.5 cm³/mol. The third-order valence-corrected chi connectivity index (χ3v) is 6.83. The zero-order valence-electron chi connectivity index (χ0n) is 11.9. The maximum Gasteiger partial charge on any atom is 0.168 e. The first kappa shape index (κ1) is 12.7. The number of hydrogen-bond acceptors (Lipinski definition) is 2. The van der Waals surface area contributed by atoms with Crippen molar-refractivity contribution in [3.63, 3.8) is 0 Å². The van der Waals surface area contributed by atoms with Crippen LogP contribution in [0.1, 0.15) is 33.1 Å². The topological polar surface area (TPSA) is 24.5 Å². The molecule has 2 saturated carbocycles. The van der Waals surface area contributed by atoms with E-state index in [1.807, 2.05) is 19.0 Å². The molecule has 0 aromatic carbocycles. The first-order valence-corrected chi connectivity index (χ1v) is 7.35. The van der Waals surface area contributed by atoms with Gasteiger partial charge in [-0.3, -0.25) is 0 Å².